The lowest BCUT2D eigenvalue weighted by Crippen LogP contribution is -2.37. The summed E-state index contributed by atoms with van der Waals surface area (Å²) >= 11 is 0. The lowest BCUT2D eigenvalue weighted by Gasteiger charge is -2.28. The third kappa shape index (κ3) is 4.38. The highest BCUT2D eigenvalue weighted by Gasteiger charge is 2.20. The van der Waals surface area contributed by atoms with E-state index in [2.05, 4.69) is 11.2 Å². The number of fused-ring (bicyclic) bond motifs is 1. The van der Waals surface area contributed by atoms with Crippen molar-refractivity contribution in [1.82, 2.24) is 4.90 Å². The van der Waals surface area contributed by atoms with Crippen LogP contribution in [0.5, 0.6) is 0 Å². The molecular weight excluding hydrogens is 386 g/mol. The Kier molecular flexibility index (Phi) is 5.56. The molecule has 1 aromatic heterocycles. The zero-order valence-corrected chi connectivity index (χ0v) is 16.1. The topological polar surface area (TPSA) is 98.2 Å². The summed E-state index contributed by atoms with van der Waals surface area (Å²) in [5.41, 5.74) is 3.17. The second-order valence-electron chi connectivity index (χ2n) is 6.85. The normalized spacial score (nSPS) is 13.3. The summed E-state index contributed by atoms with van der Waals surface area (Å²) in [7, 11) is 0. The largest absolute Gasteiger partial charge is 0.455 e. The molecule has 1 aliphatic rings. The number of amides is 1. The zero-order valence-electron chi connectivity index (χ0n) is 16.1. The number of hydrogen-bond acceptors (Lipinski definition) is 6. The standard InChI is InChI=1S/C22H19N3O5/c26-22(24-12-11-16-3-1-2-4-18(16)14-24)15-29-23-13-20-9-10-21(30-20)17-5-7-19(8-6-17)25(27)28/h1-10,13H,11-12,14-15H2/b23-13-. The van der Waals surface area contributed by atoms with Crippen LogP contribution in [0.25, 0.3) is 11.3 Å². The maximum atomic E-state index is 12.3. The van der Waals surface area contributed by atoms with Crippen LogP contribution in [0.4, 0.5) is 5.69 Å². The van der Waals surface area contributed by atoms with Gasteiger partial charge in [0, 0.05) is 30.8 Å². The van der Waals surface area contributed by atoms with Crippen LogP contribution in [0, 0.1) is 10.1 Å². The van der Waals surface area contributed by atoms with E-state index in [1.165, 1.54) is 23.9 Å². The minimum atomic E-state index is -0.453. The van der Waals surface area contributed by atoms with Crippen molar-refractivity contribution in [1.29, 1.82) is 0 Å². The van der Waals surface area contributed by atoms with Crippen LogP contribution in [-0.2, 0) is 22.6 Å². The van der Waals surface area contributed by atoms with Gasteiger partial charge < -0.3 is 14.2 Å². The van der Waals surface area contributed by atoms with Crippen LogP contribution in [0.1, 0.15) is 16.9 Å². The minimum absolute atomic E-state index is 0.0161. The number of carbonyl (C=O) groups is 1. The molecule has 2 aromatic carbocycles. The van der Waals surface area contributed by atoms with Gasteiger partial charge in [-0.25, -0.2) is 0 Å². The van der Waals surface area contributed by atoms with E-state index in [4.69, 9.17) is 9.25 Å². The van der Waals surface area contributed by atoms with E-state index in [1.54, 1.807) is 29.2 Å². The van der Waals surface area contributed by atoms with E-state index < -0.39 is 4.92 Å². The van der Waals surface area contributed by atoms with Crippen LogP contribution in [0.15, 0.2) is 70.2 Å². The summed E-state index contributed by atoms with van der Waals surface area (Å²) in [6, 6.07) is 17.6. The summed E-state index contributed by atoms with van der Waals surface area (Å²) < 4.78 is 5.64. The SMILES string of the molecule is O=C(CO/N=C\c1ccc(-c2ccc([N+](=O)[O-])cc2)o1)N1CCc2ccccc2C1. The lowest BCUT2D eigenvalue weighted by molar-refractivity contribution is -0.384. The second kappa shape index (κ2) is 8.60. The Morgan fingerprint density at radius 3 is 2.67 bits per heavy atom. The number of nitro benzene ring substituents is 1. The average molecular weight is 405 g/mol. The van der Waals surface area contributed by atoms with Crippen molar-refractivity contribution >= 4 is 17.8 Å². The summed E-state index contributed by atoms with van der Waals surface area (Å²) in [5.74, 6) is 0.879. The summed E-state index contributed by atoms with van der Waals surface area (Å²) in [4.78, 5) is 29.5. The van der Waals surface area contributed by atoms with Gasteiger partial charge in [-0.05, 0) is 41.8 Å². The maximum Gasteiger partial charge on any atom is 0.269 e. The lowest BCUT2D eigenvalue weighted by atomic mass is 10.00. The molecule has 1 aliphatic heterocycles. The van der Waals surface area contributed by atoms with Crippen molar-refractivity contribution < 1.29 is 19.0 Å². The van der Waals surface area contributed by atoms with Crippen LogP contribution in [0.3, 0.4) is 0 Å². The van der Waals surface area contributed by atoms with E-state index in [-0.39, 0.29) is 18.2 Å². The van der Waals surface area contributed by atoms with Gasteiger partial charge in [0.25, 0.3) is 11.6 Å². The molecule has 3 aromatic rings. The monoisotopic (exact) mass is 405 g/mol. The third-order valence-electron chi connectivity index (χ3n) is 4.92. The van der Waals surface area contributed by atoms with Crippen molar-refractivity contribution in [2.24, 2.45) is 5.16 Å². The third-order valence-corrected chi connectivity index (χ3v) is 4.92. The summed E-state index contributed by atoms with van der Waals surface area (Å²) in [5, 5.41) is 14.5. The molecule has 8 heteroatoms. The highest BCUT2D eigenvalue weighted by Crippen LogP contribution is 2.24. The first kappa shape index (κ1) is 19.4. The Labute approximate surface area is 172 Å². The molecule has 30 heavy (non-hydrogen) atoms. The van der Waals surface area contributed by atoms with Crippen molar-refractivity contribution in [3.8, 4) is 11.3 Å². The summed E-state index contributed by atoms with van der Waals surface area (Å²) in [6.45, 7) is 1.10. The fourth-order valence-corrected chi connectivity index (χ4v) is 3.31. The molecule has 152 valence electrons. The molecule has 4 rings (SSSR count). The van der Waals surface area contributed by atoms with E-state index in [9.17, 15) is 14.9 Å². The molecule has 0 unspecified atom stereocenters. The molecule has 1 amide bonds. The highest BCUT2D eigenvalue weighted by atomic mass is 16.6. The Hall–Kier alpha value is -3.94. The number of rotatable bonds is 6. The number of nitrogens with zero attached hydrogens (tertiary/aromatic N) is 3. The number of carbonyl (C=O) groups excluding carboxylic acids is 1. The Morgan fingerprint density at radius 2 is 1.90 bits per heavy atom. The number of hydrogen-bond donors (Lipinski definition) is 0. The average Bonchev–Trinajstić information content (AvgIpc) is 3.25. The molecule has 0 saturated carbocycles. The second-order valence-corrected chi connectivity index (χ2v) is 6.85. The first-order chi connectivity index (χ1) is 14.6. The molecular formula is C22H19N3O5. The van der Waals surface area contributed by atoms with Gasteiger partial charge in [0.2, 0.25) is 0 Å². The Bertz CT molecular complexity index is 1090. The van der Waals surface area contributed by atoms with E-state index in [1.807, 2.05) is 18.2 Å². The number of nitro groups is 1. The van der Waals surface area contributed by atoms with Gasteiger partial charge in [0.1, 0.15) is 17.7 Å². The summed E-state index contributed by atoms with van der Waals surface area (Å²) in [6.07, 6.45) is 2.22. The van der Waals surface area contributed by atoms with Crippen molar-refractivity contribution in [3.63, 3.8) is 0 Å². The van der Waals surface area contributed by atoms with Gasteiger partial charge in [-0.2, -0.15) is 0 Å². The van der Waals surface area contributed by atoms with E-state index in [0.717, 1.165) is 12.0 Å². The van der Waals surface area contributed by atoms with Gasteiger partial charge in [-0.1, -0.05) is 29.4 Å². The van der Waals surface area contributed by atoms with Crippen LogP contribution in [-0.4, -0.2) is 35.1 Å². The van der Waals surface area contributed by atoms with Crippen LogP contribution >= 0.6 is 0 Å². The van der Waals surface area contributed by atoms with Crippen molar-refractivity contribution in [2.75, 3.05) is 13.2 Å². The molecule has 2 heterocycles. The van der Waals surface area contributed by atoms with Gasteiger partial charge in [0.05, 0.1) is 4.92 Å². The number of oxime groups is 1. The smallest absolute Gasteiger partial charge is 0.269 e. The first-order valence-corrected chi connectivity index (χ1v) is 9.45. The first-order valence-electron chi connectivity index (χ1n) is 9.45. The molecule has 0 atom stereocenters. The van der Waals surface area contributed by atoms with Gasteiger partial charge in [0.15, 0.2) is 6.61 Å². The van der Waals surface area contributed by atoms with E-state index >= 15 is 0 Å². The maximum absolute atomic E-state index is 12.3. The highest BCUT2D eigenvalue weighted by molar-refractivity contribution is 5.79. The molecule has 0 spiro atoms. The Balaban J connectivity index is 1.29. The number of non-ortho nitro benzene ring substituents is 1. The minimum Gasteiger partial charge on any atom is -0.455 e. The van der Waals surface area contributed by atoms with Gasteiger partial charge >= 0.3 is 0 Å². The van der Waals surface area contributed by atoms with Crippen molar-refractivity contribution in [3.05, 3.63) is 87.7 Å². The number of benzene rings is 2. The Morgan fingerprint density at radius 1 is 1.13 bits per heavy atom. The molecule has 0 radical (unpaired) electrons. The van der Waals surface area contributed by atoms with Crippen molar-refractivity contribution in [2.45, 2.75) is 13.0 Å². The fraction of sp³-hybridized carbons (Fsp3) is 0.182. The van der Waals surface area contributed by atoms with Crippen LogP contribution in [0.2, 0.25) is 0 Å². The quantitative estimate of drug-likeness (QED) is 0.353. The fourth-order valence-electron chi connectivity index (χ4n) is 3.31. The van der Waals surface area contributed by atoms with Gasteiger partial charge in [-0.15, -0.1) is 0 Å². The predicted molar refractivity (Wildman–Crippen MR) is 110 cm³/mol. The zero-order chi connectivity index (χ0) is 20.9. The molecule has 8 nitrogen and oxygen atoms in total. The van der Waals surface area contributed by atoms with Crippen LogP contribution < -0.4 is 0 Å². The van der Waals surface area contributed by atoms with E-state index in [0.29, 0.717) is 30.2 Å². The predicted octanol–water partition coefficient (Wildman–Crippen LogP) is 3.79. The molecule has 0 aliphatic carbocycles. The number of furan rings is 1. The molecule has 0 N–H and O–H groups in total. The van der Waals surface area contributed by atoms with Gasteiger partial charge in [-0.3, -0.25) is 14.9 Å². The molecule has 0 saturated heterocycles. The molecule has 0 bridgehead atoms. The molecule has 0 fully saturated rings.